The molecule has 1 aliphatic carbocycles. The Morgan fingerprint density at radius 3 is 3.24 bits per heavy atom. The molecule has 1 aromatic heterocycles. The molecule has 1 saturated heterocycles. The van der Waals surface area contributed by atoms with Gasteiger partial charge in [0.2, 0.25) is 11.8 Å². The molecule has 0 spiro atoms. The average molecular weight is 292 g/mol. The highest BCUT2D eigenvalue weighted by Gasteiger charge is 2.49. The van der Waals surface area contributed by atoms with Crippen molar-refractivity contribution in [2.75, 3.05) is 13.7 Å². The third kappa shape index (κ3) is 2.52. The molecular weight excluding hydrogens is 268 g/mol. The predicted octanol–water partition coefficient (Wildman–Crippen LogP) is 0.967. The van der Waals surface area contributed by atoms with Crippen molar-refractivity contribution in [2.24, 2.45) is 12.5 Å². The number of nitrogens with zero attached hydrogens (tertiary/aromatic N) is 2. The summed E-state index contributed by atoms with van der Waals surface area (Å²) in [5, 5.41) is 10.8. The largest absolute Gasteiger partial charge is 0.480 e. The van der Waals surface area contributed by atoms with E-state index in [4.69, 9.17) is 4.74 Å². The van der Waals surface area contributed by atoms with Crippen LogP contribution < -0.4 is 15.4 Å². The zero-order valence-electron chi connectivity index (χ0n) is 12.8. The summed E-state index contributed by atoms with van der Waals surface area (Å²) in [7, 11) is 3.45. The lowest BCUT2D eigenvalue weighted by atomic mass is 9.70. The number of nitrogens with one attached hydrogen (secondary N) is 2. The molecular formula is C15H24N4O2. The quantitative estimate of drug-likeness (QED) is 0.867. The van der Waals surface area contributed by atoms with Crippen molar-refractivity contribution in [2.45, 2.75) is 44.7 Å². The summed E-state index contributed by atoms with van der Waals surface area (Å²) in [6.07, 6.45) is 7.34. The highest BCUT2D eigenvalue weighted by Crippen LogP contribution is 2.43. The van der Waals surface area contributed by atoms with Crippen LogP contribution in [0.5, 0.6) is 5.88 Å². The Bertz CT molecular complexity index is 528. The van der Waals surface area contributed by atoms with Crippen LogP contribution in [0.4, 0.5) is 0 Å². The smallest absolute Gasteiger partial charge is 0.237 e. The average Bonchev–Trinajstić information content (AvgIpc) is 3.08. The number of carbonyl (C=O) groups is 1. The molecule has 6 heteroatoms. The number of ether oxygens (including phenoxy) is 1. The SMILES string of the molecule is COc1nn(C)cc1CNC(=O)[C@@]12CCCC[C@@H]1NCC2. The molecule has 3 rings (SSSR count). The van der Waals surface area contributed by atoms with Gasteiger partial charge >= 0.3 is 0 Å². The molecule has 2 N–H and O–H groups in total. The molecule has 2 atom stereocenters. The molecule has 6 nitrogen and oxygen atoms in total. The molecule has 1 aromatic rings. The van der Waals surface area contributed by atoms with E-state index in [9.17, 15) is 4.79 Å². The first-order valence-electron chi connectivity index (χ1n) is 7.74. The minimum Gasteiger partial charge on any atom is -0.480 e. The van der Waals surface area contributed by atoms with Crippen molar-refractivity contribution in [1.29, 1.82) is 0 Å². The van der Waals surface area contributed by atoms with Crippen molar-refractivity contribution in [3.63, 3.8) is 0 Å². The molecule has 1 saturated carbocycles. The molecule has 1 aliphatic heterocycles. The van der Waals surface area contributed by atoms with E-state index in [1.54, 1.807) is 11.8 Å². The molecule has 2 aliphatic rings. The summed E-state index contributed by atoms with van der Waals surface area (Å²) >= 11 is 0. The summed E-state index contributed by atoms with van der Waals surface area (Å²) < 4.78 is 6.94. The molecule has 0 unspecified atom stereocenters. The Morgan fingerprint density at radius 1 is 1.57 bits per heavy atom. The second-order valence-electron chi connectivity index (χ2n) is 6.18. The lowest BCUT2D eigenvalue weighted by Crippen LogP contribution is -2.50. The highest BCUT2D eigenvalue weighted by atomic mass is 16.5. The van der Waals surface area contributed by atoms with Gasteiger partial charge in [0.25, 0.3) is 0 Å². The molecule has 1 amide bonds. The van der Waals surface area contributed by atoms with Gasteiger partial charge in [-0.25, -0.2) is 0 Å². The monoisotopic (exact) mass is 292 g/mol. The first-order chi connectivity index (χ1) is 10.2. The Balaban J connectivity index is 1.68. The van der Waals surface area contributed by atoms with Gasteiger partial charge in [0.15, 0.2) is 0 Å². The van der Waals surface area contributed by atoms with E-state index < -0.39 is 0 Å². The number of hydrogen-bond acceptors (Lipinski definition) is 4. The molecule has 116 valence electrons. The van der Waals surface area contributed by atoms with Gasteiger partial charge in [-0.2, -0.15) is 0 Å². The van der Waals surface area contributed by atoms with Crippen LogP contribution >= 0.6 is 0 Å². The van der Waals surface area contributed by atoms with Gasteiger partial charge in [-0.1, -0.05) is 12.8 Å². The minimum atomic E-state index is -0.201. The zero-order valence-corrected chi connectivity index (χ0v) is 12.8. The van der Waals surface area contributed by atoms with Gasteiger partial charge < -0.3 is 15.4 Å². The van der Waals surface area contributed by atoms with Crippen LogP contribution in [0.15, 0.2) is 6.20 Å². The number of fused-ring (bicyclic) bond motifs is 1. The third-order valence-electron chi connectivity index (χ3n) is 4.95. The Labute approximate surface area is 125 Å². The van der Waals surface area contributed by atoms with E-state index in [1.165, 1.54) is 6.42 Å². The van der Waals surface area contributed by atoms with Crippen LogP contribution in [0, 0.1) is 5.41 Å². The van der Waals surface area contributed by atoms with Crippen LogP contribution in [0.3, 0.4) is 0 Å². The summed E-state index contributed by atoms with van der Waals surface area (Å²) in [5.74, 6) is 0.767. The third-order valence-corrected chi connectivity index (χ3v) is 4.95. The van der Waals surface area contributed by atoms with Crippen LogP contribution in [0.25, 0.3) is 0 Å². The van der Waals surface area contributed by atoms with Crippen LogP contribution in [-0.4, -0.2) is 35.4 Å². The van der Waals surface area contributed by atoms with Gasteiger partial charge in [0.05, 0.1) is 18.1 Å². The first-order valence-corrected chi connectivity index (χ1v) is 7.74. The van der Waals surface area contributed by atoms with Crippen molar-refractivity contribution in [3.8, 4) is 5.88 Å². The number of methoxy groups -OCH3 is 1. The fraction of sp³-hybridized carbons (Fsp3) is 0.733. The van der Waals surface area contributed by atoms with E-state index in [2.05, 4.69) is 15.7 Å². The highest BCUT2D eigenvalue weighted by molar-refractivity contribution is 5.84. The summed E-state index contributed by atoms with van der Waals surface area (Å²) in [6.45, 7) is 1.43. The second kappa shape index (κ2) is 5.67. The van der Waals surface area contributed by atoms with Gasteiger partial charge in [-0.3, -0.25) is 9.48 Å². The topological polar surface area (TPSA) is 68.2 Å². The van der Waals surface area contributed by atoms with Crippen LogP contribution in [0.2, 0.25) is 0 Å². The van der Waals surface area contributed by atoms with E-state index in [0.29, 0.717) is 18.5 Å². The van der Waals surface area contributed by atoms with Crippen LogP contribution in [-0.2, 0) is 18.4 Å². The van der Waals surface area contributed by atoms with Gasteiger partial charge in [-0.05, 0) is 25.8 Å². The Kier molecular flexibility index (Phi) is 3.89. The molecule has 0 radical (unpaired) electrons. The number of hydrogen-bond donors (Lipinski definition) is 2. The van der Waals surface area contributed by atoms with E-state index in [0.717, 1.165) is 37.8 Å². The maximum absolute atomic E-state index is 12.8. The molecule has 0 aromatic carbocycles. The standard InChI is InChI=1S/C15H24N4O2/c1-19-10-11(13(18-19)21-2)9-17-14(20)15-6-4-3-5-12(15)16-8-7-15/h10,12,16H,3-9H2,1-2H3,(H,17,20)/t12-,15+/m0/s1. The van der Waals surface area contributed by atoms with E-state index >= 15 is 0 Å². The minimum absolute atomic E-state index is 0.183. The van der Waals surface area contributed by atoms with Crippen molar-refractivity contribution >= 4 is 5.91 Å². The van der Waals surface area contributed by atoms with Gasteiger partial charge in [0.1, 0.15) is 0 Å². The number of rotatable bonds is 4. The Hall–Kier alpha value is -1.56. The van der Waals surface area contributed by atoms with Crippen LogP contribution in [0.1, 0.15) is 37.7 Å². The lowest BCUT2D eigenvalue weighted by Gasteiger charge is -2.37. The van der Waals surface area contributed by atoms with Crippen molar-refractivity contribution < 1.29 is 9.53 Å². The second-order valence-corrected chi connectivity index (χ2v) is 6.18. The van der Waals surface area contributed by atoms with Gasteiger partial charge in [-0.15, -0.1) is 5.10 Å². The van der Waals surface area contributed by atoms with Crippen molar-refractivity contribution in [3.05, 3.63) is 11.8 Å². The normalized spacial score (nSPS) is 28.2. The number of carbonyl (C=O) groups excluding carboxylic acids is 1. The molecule has 2 fully saturated rings. The molecule has 2 heterocycles. The fourth-order valence-electron chi connectivity index (χ4n) is 3.85. The maximum Gasteiger partial charge on any atom is 0.237 e. The van der Waals surface area contributed by atoms with E-state index in [1.807, 2.05) is 13.2 Å². The first kappa shape index (κ1) is 14.4. The predicted molar refractivity (Wildman–Crippen MR) is 78.9 cm³/mol. The maximum atomic E-state index is 12.8. The molecule has 21 heavy (non-hydrogen) atoms. The number of amides is 1. The zero-order chi connectivity index (χ0) is 14.9. The molecule has 0 bridgehead atoms. The lowest BCUT2D eigenvalue weighted by molar-refractivity contribution is -0.133. The summed E-state index contributed by atoms with van der Waals surface area (Å²) in [6, 6.07) is 0.349. The summed E-state index contributed by atoms with van der Waals surface area (Å²) in [4.78, 5) is 12.8. The number of aryl methyl sites for hydroxylation is 1. The summed E-state index contributed by atoms with van der Waals surface area (Å²) in [5.41, 5.74) is 0.719. The van der Waals surface area contributed by atoms with E-state index in [-0.39, 0.29) is 11.3 Å². The number of aromatic nitrogens is 2. The fourth-order valence-corrected chi connectivity index (χ4v) is 3.85. The van der Waals surface area contributed by atoms with Gasteiger partial charge in [0, 0.05) is 25.8 Å². The Morgan fingerprint density at radius 2 is 2.43 bits per heavy atom. The van der Waals surface area contributed by atoms with Crippen molar-refractivity contribution in [1.82, 2.24) is 20.4 Å².